The lowest BCUT2D eigenvalue weighted by Gasteiger charge is -2.08. The van der Waals surface area contributed by atoms with Crippen molar-refractivity contribution in [3.8, 4) is 0 Å². The lowest BCUT2D eigenvalue weighted by Crippen LogP contribution is -2.28. The number of nitro benzene ring substituents is 1. The van der Waals surface area contributed by atoms with E-state index in [1.165, 1.54) is 18.2 Å². The van der Waals surface area contributed by atoms with Crippen LogP contribution in [-0.2, 0) is 0 Å². The highest BCUT2D eigenvalue weighted by molar-refractivity contribution is 5.99. The number of carbonyl (C=O) groups is 1. The molecule has 17 heavy (non-hydrogen) atoms. The van der Waals surface area contributed by atoms with E-state index in [0.717, 1.165) is 0 Å². The number of nitro groups is 1. The van der Waals surface area contributed by atoms with Gasteiger partial charge in [0.05, 0.1) is 4.92 Å². The first-order chi connectivity index (χ1) is 7.91. The van der Waals surface area contributed by atoms with Gasteiger partial charge in [0.25, 0.3) is 11.6 Å². The summed E-state index contributed by atoms with van der Waals surface area (Å²) in [6.45, 7) is 4.34. The van der Waals surface area contributed by atoms with Gasteiger partial charge in [-0.2, -0.15) is 0 Å². The van der Waals surface area contributed by atoms with Crippen molar-refractivity contribution >= 4 is 17.3 Å². The van der Waals surface area contributed by atoms with Crippen LogP contribution in [0.15, 0.2) is 18.2 Å². The van der Waals surface area contributed by atoms with Crippen molar-refractivity contribution in [1.82, 2.24) is 5.32 Å². The number of carbonyl (C=O) groups excluding carboxylic acids is 1. The fourth-order valence-electron chi connectivity index (χ4n) is 1.29. The monoisotopic (exact) mass is 237 g/mol. The molecule has 0 aliphatic rings. The van der Waals surface area contributed by atoms with Crippen molar-refractivity contribution < 1.29 is 9.72 Å². The Morgan fingerprint density at radius 1 is 1.53 bits per heavy atom. The molecule has 1 aromatic rings. The number of rotatable bonds is 4. The van der Waals surface area contributed by atoms with Gasteiger partial charge in [-0.3, -0.25) is 14.9 Å². The molecule has 0 aromatic heterocycles. The summed E-state index contributed by atoms with van der Waals surface area (Å²) in [4.78, 5) is 21.9. The molecule has 0 bridgehead atoms. The van der Waals surface area contributed by atoms with E-state index >= 15 is 0 Å². The molecule has 0 fully saturated rings. The van der Waals surface area contributed by atoms with E-state index in [0.29, 0.717) is 12.2 Å². The predicted octanol–water partition coefficient (Wildman–Crippen LogP) is 1.56. The first-order valence-electron chi connectivity index (χ1n) is 5.24. The second kappa shape index (κ2) is 5.29. The molecule has 0 heterocycles. The zero-order chi connectivity index (χ0) is 13.0. The Kier molecular flexibility index (Phi) is 4.03. The Hall–Kier alpha value is -2.11. The molecule has 6 heteroatoms. The number of nitrogens with one attached hydrogen (secondary N) is 1. The fourth-order valence-corrected chi connectivity index (χ4v) is 1.29. The van der Waals surface area contributed by atoms with Crippen LogP contribution in [0.4, 0.5) is 11.4 Å². The van der Waals surface area contributed by atoms with Gasteiger partial charge in [0.15, 0.2) is 0 Å². The molecule has 1 rings (SSSR count). The molecule has 0 spiro atoms. The third-order valence-electron chi connectivity index (χ3n) is 2.13. The van der Waals surface area contributed by atoms with Crippen molar-refractivity contribution in [2.75, 3.05) is 12.3 Å². The molecule has 0 saturated carbocycles. The third kappa shape index (κ3) is 3.44. The van der Waals surface area contributed by atoms with Crippen molar-refractivity contribution in [3.63, 3.8) is 0 Å². The summed E-state index contributed by atoms with van der Waals surface area (Å²) in [5.41, 5.74) is 5.60. The van der Waals surface area contributed by atoms with Gasteiger partial charge >= 0.3 is 0 Å². The molecule has 6 nitrogen and oxygen atoms in total. The van der Waals surface area contributed by atoms with Gasteiger partial charge in [-0.25, -0.2) is 0 Å². The Labute approximate surface area is 99.0 Å². The molecular formula is C11H15N3O3. The van der Waals surface area contributed by atoms with Gasteiger partial charge in [-0.15, -0.1) is 0 Å². The van der Waals surface area contributed by atoms with E-state index in [-0.39, 0.29) is 17.2 Å². The number of hydrogen-bond acceptors (Lipinski definition) is 4. The van der Waals surface area contributed by atoms with Crippen LogP contribution in [0.3, 0.4) is 0 Å². The molecule has 92 valence electrons. The second-order valence-electron chi connectivity index (χ2n) is 4.14. The van der Waals surface area contributed by atoms with Crippen LogP contribution in [0.1, 0.15) is 24.2 Å². The molecule has 1 aromatic carbocycles. The van der Waals surface area contributed by atoms with E-state index in [4.69, 9.17) is 5.73 Å². The molecule has 1 amide bonds. The van der Waals surface area contributed by atoms with Crippen molar-refractivity contribution in [2.24, 2.45) is 5.92 Å². The molecular weight excluding hydrogens is 222 g/mol. The van der Waals surface area contributed by atoms with Gasteiger partial charge in [-0.1, -0.05) is 13.8 Å². The van der Waals surface area contributed by atoms with Crippen LogP contribution in [0.25, 0.3) is 0 Å². The highest BCUT2D eigenvalue weighted by Crippen LogP contribution is 2.20. The minimum absolute atomic E-state index is 0.00403. The van der Waals surface area contributed by atoms with E-state index in [9.17, 15) is 14.9 Å². The summed E-state index contributed by atoms with van der Waals surface area (Å²) >= 11 is 0. The van der Waals surface area contributed by atoms with Gasteiger partial charge in [-0.05, 0) is 18.1 Å². The summed E-state index contributed by atoms with van der Waals surface area (Å²) in [7, 11) is 0. The second-order valence-corrected chi connectivity index (χ2v) is 4.14. The molecule has 0 unspecified atom stereocenters. The van der Waals surface area contributed by atoms with Gasteiger partial charge in [0.2, 0.25) is 0 Å². The smallest absolute Gasteiger partial charge is 0.282 e. The summed E-state index contributed by atoms with van der Waals surface area (Å²) in [6, 6.07) is 3.95. The van der Waals surface area contributed by atoms with Crippen molar-refractivity contribution in [3.05, 3.63) is 33.9 Å². The first-order valence-corrected chi connectivity index (χ1v) is 5.24. The Morgan fingerprint density at radius 3 is 2.71 bits per heavy atom. The number of nitrogens with two attached hydrogens (primary N) is 1. The van der Waals surface area contributed by atoms with Crippen LogP contribution in [0.2, 0.25) is 0 Å². The maximum absolute atomic E-state index is 11.8. The number of nitrogen functional groups attached to an aromatic ring is 1. The van der Waals surface area contributed by atoms with Gasteiger partial charge < -0.3 is 11.1 Å². The highest BCUT2D eigenvalue weighted by Gasteiger charge is 2.20. The topological polar surface area (TPSA) is 98.3 Å². The average molecular weight is 237 g/mol. The molecule has 3 N–H and O–H groups in total. The summed E-state index contributed by atoms with van der Waals surface area (Å²) in [6.07, 6.45) is 0. The number of hydrogen-bond donors (Lipinski definition) is 2. The predicted molar refractivity (Wildman–Crippen MR) is 64.7 cm³/mol. The van der Waals surface area contributed by atoms with Crippen LogP contribution in [0, 0.1) is 16.0 Å². The normalized spacial score (nSPS) is 10.3. The molecule has 0 radical (unpaired) electrons. The Bertz CT molecular complexity index is 444. The Balaban J connectivity index is 2.98. The zero-order valence-electron chi connectivity index (χ0n) is 9.77. The van der Waals surface area contributed by atoms with Crippen molar-refractivity contribution in [2.45, 2.75) is 13.8 Å². The summed E-state index contributed by atoms with van der Waals surface area (Å²) < 4.78 is 0. The maximum Gasteiger partial charge on any atom is 0.282 e. The van der Waals surface area contributed by atoms with E-state index in [2.05, 4.69) is 5.32 Å². The number of amides is 1. The lowest BCUT2D eigenvalue weighted by molar-refractivity contribution is -0.385. The minimum Gasteiger partial charge on any atom is -0.399 e. The van der Waals surface area contributed by atoms with Crippen LogP contribution in [-0.4, -0.2) is 17.4 Å². The number of anilines is 1. The average Bonchev–Trinajstić information content (AvgIpc) is 2.25. The van der Waals surface area contributed by atoms with Crippen LogP contribution >= 0.6 is 0 Å². The third-order valence-corrected chi connectivity index (χ3v) is 2.13. The van der Waals surface area contributed by atoms with Crippen molar-refractivity contribution in [1.29, 1.82) is 0 Å². The van der Waals surface area contributed by atoms with E-state index < -0.39 is 10.8 Å². The van der Waals surface area contributed by atoms with Crippen LogP contribution < -0.4 is 11.1 Å². The molecule has 0 saturated heterocycles. The zero-order valence-corrected chi connectivity index (χ0v) is 9.77. The number of benzene rings is 1. The first kappa shape index (κ1) is 13.0. The van der Waals surface area contributed by atoms with E-state index in [1.807, 2.05) is 13.8 Å². The SMILES string of the molecule is CC(C)CNC(=O)c1cc(N)ccc1[N+](=O)[O-]. The van der Waals surface area contributed by atoms with Gasteiger partial charge in [0.1, 0.15) is 5.56 Å². The number of nitrogens with zero attached hydrogens (tertiary/aromatic N) is 1. The largest absolute Gasteiger partial charge is 0.399 e. The van der Waals surface area contributed by atoms with Gasteiger partial charge in [0, 0.05) is 18.3 Å². The Morgan fingerprint density at radius 2 is 2.18 bits per heavy atom. The molecule has 0 aliphatic heterocycles. The minimum atomic E-state index is -0.594. The lowest BCUT2D eigenvalue weighted by atomic mass is 10.1. The van der Waals surface area contributed by atoms with Crippen LogP contribution in [0.5, 0.6) is 0 Å². The fraction of sp³-hybridized carbons (Fsp3) is 0.364. The quantitative estimate of drug-likeness (QED) is 0.471. The standard InChI is InChI=1S/C11H15N3O3/c1-7(2)6-13-11(15)9-5-8(12)3-4-10(9)14(16)17/h3-5,7H,6,12H2,1-2H3,(H,13,15). The summed E-state index contributed by atoms with van der Waals surface area (Å²) in [5.74, 6) is -0.197. The highest BCUT2D eigenvalue weighted by atomic mass is 16.6. The maximum atomic E-state index is 11.8. The summed E-state index contributed by atoms with van der Waals surface area (Å²) in [5, 5.41) is 13.4. The van der Waals surface area contributed by atoms with E-state index in [1.54, 1.807) is 0 Å². The molecule has 0 atom stereocenters. The molecule has 0 aliphatic carbocycles.